The van der Waals surface area contributed by atoms with Crippen molar-refractivity contribution in [3.63, 3.8) is 0 Å². The quantitative estimate of drug-likeness (QED) is 0.864. The zero-order chi connectivity index (χ0) is 14.1. The molecule has 1 saturated heterocycles. The Balaban J connectivity index is 2.06. The zero-order valence-electron chi connectivity index (χ0n) is 11.4. The van der Waals surface area contributed by atoms with Crippen molar-refractivity contribution in [2.24, 2.45) is 0 Å². The minimum absolute atomic E-state index is 0.299. The van der Waals surface area contributed by atoms with Gasteiger partial charge in [0.05, 0.1) is 25.3 Å². The molecule has 106 valence electrons. The number of rotatable bonds is 3. The number of pyridine rings is 1. The van der Waals surface area contributed by atoms with Crippen molar-refractivity contribution in [1.29, 1.82) is 5.41 Å². The van der Waals surface area contributed by atoms with Crippen LogP contribution in [0.3, 0.4) is 0 Å². The minimum atomic E-state index is -0.299. The molecule has 0 atom stereocenters. The van der Waals surface area contributed by atoms with E-state index in [2.05, 4.69) is 9.97 Å². The van der Waals surface area contributed by atoms with Crippen LogP contribution < -0.4 is 5.49 Å². The number of nitrogens with zero attached hydrogens (tertiary/aromatic N) is 3. The molecule has 1 aliphatic rings. The van der Waals surface area contributed by atoms with Gasteiger partial charge in [-0.05, 0) is 19.2 Å². The monoisotopic (exact) mass is 292 g/mol. The van der Waals surface area contributed by atoms with Crippen LogP contribution in [0.15, 0.2) is 17.2 Å². The van der Waals surface area contributed by atoms with Gasteiger partial charge in [0.1, 0.15) is 11.3 Å². The smallest absolute Gasteiger partial charge is 0.175 e. The van der Waals surface area contributed by atoms with Gasteiger partial charge in [-0.1, -0.05) is 0 Å². The molecule has 0 saturated carbocycles. The molecule has 0 radical (unpaired) electrons. The fourth-order valence-electron chi connectivity index (χ4n) is 2.22. The van der Waals surface area contributed by atoms with Crippen molar-refractivity contribution >= 4 is 22.8 Å². The molecule has 20 heavy (non-hydrogen) atoms. The van der Waals surface area contributed by atoms with E-state index in [0.717, 1.165) is 16.2 Å². The van der Waals surface area contributed by atoms with E-state index < -0.39 is 0 Å². The highest BCUT2D eigenvalue weighted by Gasteiger charge is 2.18. The highest BCUT2D eigenvalue weighted by Crippen LogP contribution is 2.17. The molecule has 0 aromatic carbocycles. The molecule has 0 bridgehead atoms. The van der Waals surface area contributed by atoms with Crippen LogP contribution in [0.5, 0.6) is 0 Å². The number of thioether (sulfide) groups is 1. The van der Waals surface area contributed by atoms with Gasteiger partial charge in [-0.3, -0.25) is 5.41 Å². The van der Waals surface area contributed by atoms with Crippen molar-refractivity contribution in [1.82, 2.24) is 14.5 Å². The SMILES string of the molecule is CSc1cnc2c(=N)n(CC3OCCO3)c(C)nc2c1. The maximum absolute atomic E-state index is 8.31. The van der Waals surface area contributed by atoms with Crippen molar-refractivity contribution in [2.45, 2.75) is 24.7 Å². The van der Waals surface area contributed by atoms with Crippen LogP contribution in [0, 0.1) is 12.3 Å². The second-order valence-corrected chi connectivity index (χ2v) is 5.41. The van der Waals surface area contributed by atoms with Gasteiger partial charge < -0.3 is 14.0 Å². The van der Waals surface area contributed by atoms with Gasteiger partial charge in [0.2, 0.25) is 0 Å². The van der Waals surface area contributed by atoms with E-state index in [0.29, 0.717) is 30.8 Å². The number of nitrogens with one attached hydrogen (secondary N) is 1. The average molecular weight is 292 g/mol. The normalized spacial score (nSPS) is 16.1. The predicted octanol–water partition coefficient (Wildman–Crippen LogP) is 1.31. The van der Waals surface area contributed by atoms with E-state index in [9.17, 15) is 0 Å². The first kappa shape index (κ1) is 13.5. The van der Waals surface area contributed by atoms with E-state index in [1.165, 1.54) is 0 Å². The Morgan fingerprint density at radius 2 is 2.20 bits per heavy atom. The van der Waals surface area contributed by atoms with Crippen molar-refractivity contribution < 1.29 is 9.47 Å². The first-order chi connectivity index (χ1) is 9.69. The van der Waals surface area contributed by atoms with Crippen LogP contribution in [0.4, 0.5) is 0 Å². The van der Waals surface area contributed by atoms with Crippen molar-refractivity contribution in [3.8, 4) is 0 Å². The van der Waals surface area contributed by atoms with Crippen LogP contribution in [-0.2, 0) is 16.0 Å². The second kappa shape index (κ2) is 5.51. The van der Waals surface area contributed by atoms with E-state index in [1.807, 2.05) is 19.2 Å². The molecule has 0 aliphatic carbocycles. The van der Waals surface area contributed by atoms with Crippen molar-refractivity contribution in [3.05, 3.63) is 23.6 Å². The van der Waals surface area contributed by atoms with Crippen LogP contribution in [0.1, 0.15) is 5.82 Å². The van der Waals surface area contributed by atoms with E-state index in [-0.39, 0.29) is 6.29 Å². The first-order valence-electron chi connectivity index (χ1n) is 6.38. The first-order valence-corrected chi connectivity index (χ1v) is 7.60. The third kappa shape index (κ3) is 2.44. The lowest BCUT2D eigenvalue weighted by Gasteiger charge is -2.15. The standard InChI is InChI=1S/C13H16N4O2S/c1-8-16-10-5-9(20-2)6-15-12(10)13(14)17(8)7-11-18-3-4-19-11/h5-6,11,14H,3-4,7H2,1-2H3. The lowest BCUT2D eigenvalue weighted by Crippen LogP contribution is -2.30. The van der Waals surface area contributed by atoms with Gasteiger partial charge in [-0.15, -0.1) is 11.8 Å². The van der Waals surface area contributed by atoms with Gasteiger partial charge in [0.25, 0.3) is 0 Å². The molecule has 1 aliphatic heterocycles. The molecular formula is C13H16N4O2S. The Labute approximate surface area is 120 Å². The molecule has 1 fully saturated rings. The zero-order valence-corrected chi connectivity index (χ0v) is 12.2. The molecule has 6 nitrogen and oxygen atoms in total. The molecular weight excluding hydrogens is 276 g/mol. The molecule has 0 spiro atoms. The second-order valence-electron chi connectivity index (χ2n) is 4.53. The van der Waals surface area contributed by atoms with Crippen molar-refractivity contribution in [2.75, 3.05) is 19.5 Å². The molecule has 2 aromatic heterocycles. The Hall–Kier alpha value is -1.44. The summed E-state index contributed by atoms with van der Waals surface area (Å²) in [6, 6.07) is 1.96. The highest BCUT2D eigenvalue weighted by molar-refractivity contribution is 7.98. The minimum Gasteiger partial charge on any atom is -0.348 e. The van der Waals surface area contributed by atoms with E-state index in [1.54, 1.807) is 22.5 Å². The van der Waals surface area contributed by atoms with Gasteiger partial charge in [-0.25, -0.2) is 9.97 Å². The maximum atomic E-state index is 8.31. The molecule has 7 heteroatoms. The summed E-state index contributed by atoms with van der Waals surface area (Å²) < 4.78 is 12.7. The van der Waals surface area contributed by atoms with Gasteiger partial charge in [-0.2, -0.15) is 0 Å². The van der Waals surface area contributed by atoms with Crippen LogP contribution in [0.25, 0.3) is 11.0 Å². The summed E-state index contributed by atoms with van der Waals surface area (Å²) in [5.41, 5.74) is 1.70. The fraction of sp³-hybridized carbons (Fsp3) is 0.462. The van der Waals surface area contributed by atoms with Crippen LogP contribution in [-0.4, -0.2) is 40.3 Å². The van der Waals surface area contributed by atoms with Crippen LogP contribution in [0.2, 0.25) is 0 Å². The summed E-state index contributed by atoms with van der Waals surface area (Å²) in [6.07, 6.45) is 3.47. The molecule has 0 amide bonds. The number of aromatic nitrogens is 3. The fourth-order valence-corrected chi connectivity index (χ4v) is 2.61. The summed E-state index contributed by atoms with van der Waals surface area (Å²) in [6.45, 7) is 3.57. The maximum Gasteiger partial charge on any atom is 0.175 e. The molecule has 0 unspecified atom stereocenters. The third-order valence-corrected chi connectivity index (χ3v) is 3.96. The number of fused-ring (bicyclic) bond motifs is 1. The number of ether oxygens (including phenoxy) is 2. The lowest BCUT2D eigenvalue weighted by atomic mass is 10.3. The van der Waals surface area contributed by atoms with Gasteiger partial charge in [0, 0.05) is 11.1 Å². The number of hydrogen-bond acceptors (Lipinski definition) is 6. The predicted molar refractivity (Wildman–Crippen MR) is 75.6 cm³/mol. The van der Waals surface area contributed by atoms with Gasteiger partial charge in [0.15, 0.2) is 11.8 Å². The molecule has 2 aromatic rings. The Bertz CT molecular complexity index is 695. The highest BCUT2D eigenvalue weighted by atomic mass is 32.2. The summed E-state index contributed by atoms with van der Waals surface area (Å²) in [4.78, 5) is 9.94. The van der Waals surface area contributed by atoms with E-state index in [4.69, 9.17) is 14.9 Å². The summed E-state index contributed by atoms with van der Waals surface area (Å²) in [7, 11) is 0. The largest absolute Gasteiger partial charge is 0.348 e. The Kier molecular flexibility index (Phi) is 3.73. The topological polar surface area (TPSA) is 73.0 Å². The molecule has 1 N–H and O–H groups in total. The van der Waals surface area contributed by atoms with Crippen LogP contribution >= 0.6 is 11.8 Å². The van der Waals surface area contributed by atoms with Gasteiger partial charge >= 0.3 is 0 Å². The molecule has 3 rings (SSSR count). The Morgan fingerprint density at radius 3 is 2.90 bits per heavy atom. The summed E-state index contributed by atoms with van der Waals surface area (Å²) in [5, 5.41) is 8.31. The summed E-state index contributed by atoms with van der Waals surface area (Å²) in [5.74, 6) is 0.765. The van der Waals surface area contributed by atoms with E-state index >= 15 is 0 Å². The average Bonchev–Trinajstić information content (AvgIpc) is 2.95. The molecule has 3 heterocycles. The third-order valence-electron chi connectivity index (χ3n) is 3.27. The summed E-state index contributed by atoms with van der Waals surface area (Å²) >= 11 is 1.62. The Morgan fingerprint density at radius 1 is 1.45 bits per heavy atom. The number of hydrogen-bond donors (Lipinski definition) is 1. The lowest BCUT2D eigenvalue weighted by molar-refractivity contribution is -0.0537. The number of aryl methyl sites for hydroxylation is 1.